The number of nitrogens with one attached hydrogen (secondary N) is 1. The van der Waals surface area contributed by atoms with Gasteiger partial charge in [0.2, 0.25) is 21.8 Å². The predicted octanol–water partition coefficient (Wildman–Crippen LogP) is 1.10. The average Bonchev–Trinajstić information content (AvgIpc) is 3.44. The van der Waals surface area contributed by atoms with E-state index in [9.17, 15) is 18.0 Å². The van der Waals surface area contributed by atoms with Crippen molar-refractivity contribution in [3.63, 3.8) is 0 Å². The van der Waals surface area contributed by atoms with E-state index in [0.29, 0.717) is 50.7 Å². The molecule has 2 saturated heterocycles. The first-order valence-electron chi connectivity index (χ1n) is 10.7. The molecule has 1 saturated carbocycles. The fourth-order valence-electron chi connectivity index (χ4n) is 4.20. The number of nitrogens with zero attached hydrogens (tertiary/aromatic N) is 3. The van der Waals surface area contributed by atoms with Gasteiger partial charge in [-0.15, -0.1) is 0 Å². The Hall–Kier alpha value is -1.97. The maximum absolute atomic E-state index is 13.2. The number of rotatable bonds is 6. The van der Waals surface area contributed by atoms with Gasteiger partial charge in [-0.2, -0.15) is 4.31 Å². The Kier molecular flexibility index (Phi) is 5.87. The van der Waals surface area contributed by atoms with Gasteiger partial charge in [0.25, 0.3) is 0 Å². The summed E-state index contributed by atoms with van der Waals surface area (Å²) in [6.07, 6.45) is 3.48. The van der Waals surface area contributed by atoms with Crippen molar-refractivity contribution in [1.82, 2.24) is 14.5 Å². The van der Waals surface area contributed by atoms with Gasteiger partial charge in [-0.25, -0.2) is 8.42 Å². The van der Waals surface area contributed by atoms with E-state index in [2.05, 4.69) is 5.32 Å². The van der Waals surface area contributed by atoms with Crippen LogP contribution >= 0.6 is 0 Å². The summed E-state index contributed by atoms with van der Waals surface area (Å²) in [5.74, 6) is 0.109. The first-order valence-corrected chi connectivity index (χ1v) is 12.2. The van der Waals surface area contributed by atoms with Gasteiger partial charge in [0.15, 0.2) is 0 Å². The molecule has 0 bridgehead atoms. The molecule has 8 nitrogen and oxygen atoms in total. The van der Waals surface area contributed by atoms with E-state index in [1.165, 1.54) is 4.31 Å². The fourth-order valence-corrected chi connectivity index (χ4v) is 5.83. The van der Waals surface area contributed by atoms with Gasteiger partial charge in [0.1, 0.15) is 0 Å². The Morgan fingerprint density at radius 2 is 1.83 bits per heavy atom. The topological polar surface area (TPSA) is 90.0 Å². The molecule has 3 fully saturated rings. The smallest absolute Gasteiger partial charge is 0.243 e. The SMILES string of the molecule is Cc1cc(N2CCCC2=O)ccc1S(=O)(=O)N1CCN(C(C)C(=O)NC2CC2)CC1. The summed E-state index contributed by atoms with van der Waals surface area (Å²) in [5, 5.41) is 3.02. The molecular formula is C21H30N4O4S. The zero-order valence-corrected chi connectivity index (χ0v) is 18.5. The van der Waals surface area contributed by atoms with Crippen LogP contribution in [0, 0.1) is 6.92 Å². The fraction of sp³-hybridized carbons (Fsp3) is 0.619. The van der Waals surface area contributed by atoms with Crippen molar-refractivity contribution < 1.29 is 18.0 Å². The third-order valence-corrected chi connectivity index (χ3v) is 8.34. The van der Waals surface area contributed by atoms with E-state index in [1.807, 2.05) is 11.8 Å². The van der Waals surface area contributed by atoms with E-state index in [0.717, 1.165) is 24.9 Å². The van der Waals surface area contributed by atoms with Crippen LogP contribution in [0.25, 0.3) is 0 Å². The molecule has 164 valence electrons. The predicted molar refractivity (Wildman–Crippen MR) is 114 cm³/mol. The van der Waals surface area contributed by atoms with Crippen molar-refractivity contribution in [3.05, 3.63) is 23.8 Å². The molecule has 4 rings (SSSR count). The number of anilines is 1. The zero-order valence-electron chi connectivity index (χ0n) is 17.6. The number of carbonyl (C=O) groups is 2. The Bertz CT molecular complexity index is 936. The molecule has 1 atom stereocenters. The van der Waals surface area contributed by atoms with E-state index in [-0.39, 0.29) is 22.8 Å². The molecule has 0 spiro atoms. The van der Waals surface area contributed by atoms with Crippen molar-refractivity contribution in [2.45, 2.75) is 56.5 Å². The lowest BCUT2D eigenvalue weighted by Gasteiger charge is -2.37. The number of amides is 2. The highest BCUT2D eigenvalue weighted by Gasteiger charge is 2.34. The van der Waals surface area contributed by atoms with E-state index >= 15 is 0 Å². The molecule has 9 heteroatoms. The Morgan fingerprint density at radius 3 is 2.40 bits per heavy atom. The second kappa shape index (κ2) is 8.28. The van der Waals surface area contributed by atoms with Gasteiger partial charge < -0.3 is 10.2 Å². The van der Waals surface area contributed by atoms with Crippen LogP contribution < -0.4 is 10.2 Å². The van der Waals surface area contributed by atoms with E-state index in [1.54, 1.807) is 30.0 Å². The molecule has 1 aromatic rings. The highest BCUT2D eigenvalue weighted by Crippen LogP contribution is 2.28. The maximum atomic E-state index is 13.2. The number of piperazine rings is 1. The summed E-state index contributed by atoms with van der Waals surface area (Å²) in [5.41, 5.74) is 1.40. The number of hydrogen-bond donors (Lipinski definition) is 1. The van der Waals surface area contributed by atoms with E-state index < -0.39 is 10.0 Å². The minimum Gasteiger partial charge on any atom is -0.352 e. The molecule has 1 aliphatic carbocycles. The van der Waals surface area contributed by atoms with Crippen LogP contribution in [0.3, 0.4) is 0 Å². The minimum absolute atomic E-state index is 0.0247. The highest BCUT2D eigenvalue weighted by molar-refractivity contribution is 7.89. The molecular weight excluding hydrogens is 404 g/mol. The van der Waals surface area contributed by atoms with Crippen LogP contribution in [-0.4, -0.2) is 74.2 Å². The molecule has 0 radical (unpaired) electrons. The Morgan fingerprint density at radius 1 is 1.13 bits per heavy atom. The van der Waals surface area contributed by atoms with Crippen molar-refractivity contribution in [3.8, 4) is 0 Å². The Labute approximate surface area is 178 Å². The summed E-state index contributed by atoms with van der Waals surface area (Å²) < 4.78 is 27.9. The van der Waals surface area contributed by atoms with Gasteiger partial charge in [0, 0.05) is 50.9 Å². The number of aryl methyl sites for hydroxylation is 1. The van der Waals surface area contributed by atoms with Gasteiger partial charge >= 0.3 is 0 Å². The number of sulfonamides is 1. The summed E-state index contributed by atoms with van der Waals surface area (Å²) >= 11 is 0. The quantitative estimate of drug-likeness (QED) is 0.724. The lowest BCUT2D eigenvalue weighted by atomic mass is 10.2. The van der Waals surface area contributed by atoms with Crippen LogP contribution in [-0.2, 0) is 19.6 Å². The van der Waals surface area contributed by atoms with Gasteiger partial charge in [-0.05, 0) is 56.9 Å². The first kappa shape index (κ1) is 21.3. The third-order valence-electron chi connectivity index (χ3n) is 6.29. The largest absolute Gasteiger partial charge is 0.352 e. The molecule has 0 aromatic heterocycles. The molecule has 2 aliphatic heterocycles. The molecule has 1 N–H and O–H groups in total. The number of benzene rings is 1. The second-order valence-corrected chi connectivity index (χ2v) is 10.4. The van der Waals surface area contributed by atoms with Gasteiger partial charge in [0.05, 0.1) is 10.9 Å². The second-order valence-electron chi connectivity index (χ2n) is 8.50. The summed E-state index contributed by atoms with van der Waals surface area (Å²) in [4.78, 5) is 28.3. The van der Waals surface area contributed by atoms with Crippen molar-refractivity contribution in [2.24, 2.45) is 0 Å². The van der Waals surface area contributed by atoms with Crippen molar-refractivity contribution in [1.29, 1.82) is 0 Å². The number of carbonyl (C=O) groups excluding carboxylic acids is 2. The maximum Gasteiger partial charge on any atom is 0.243 e. The average molecular weight is 435 g/mol. The van der Waals surface area contributed by atoms with Crippen LogP contribution in [0.1, 0.15) is 38.2 Å². The Balaban J connectivity index is 1.41. The summed E-state index contributed by atoms with van der Waals surface area (Å²) in [6.45, 7) is 6.10. The van der Waals surface area contributed by atoms with Crippen LogP contribution in [0.4, 0.5) is 5.69 Å². The molecule has 1 aromatic carbocycles. The molecule has 30 heavy (non-hydrogen) atoms. The number of hydrogen-bond acceptors (Lipinski definition) is 5. The van der Waals surface area contributed by atoms with Crippen LogP contribution in [0.2, 0.25) is 0 Å². The van der Waals surface area contributed by atoms with Crippen molar-refractivity contribution >= 4 is 27.5 Å². The van der Waals surface area contributed by atoms with E-state index in [4.69, 9.17) is 0 Å². The normalized spacial score (nSPS) is 22.3. The lowest BCUT2D eigenvalue weighted by molar-refractivity contribution is -0.126. The summed E-state index contributed by atoms with van der Waals surface area (Å²) in [6, 6.07) is 5.20. The monoisotopic (exact) mass is 434 g/mol. The first-order chi connectivity index (χ1) is 14.3. The minimum atomic E-state index is -3.62. The van der Waals surface area contributed by atoms with Crippen LogP contribution in [0.15, 0.2) is 23.1 Å². The highest BCUT2D eigenvalue weighted by atomic mass is 32.2. The molecule has 3 aliphatic rings. The molecule has 1 unspecified atom stereocenters. The lowest BCUT2D eigenvalue weighted by Crippen LogP contribution is -2.55. The summed E-state index contributed by atoms with van der Waals surface area (Å²) in [7, 11) is -3.62. The zero-order chi connectivity index (χ0) is 21.5. The van der Waals surface area contributed by atoms with Crippen molar-refractivity contribution in [2.75, 3.05) is 37.6 Å². The van der Waals surface area contributed by atoms with Crippen LogP contribution in [0.5, 0.6) is 0 Å². The molecule has 2 amide bonds. The molecule has 2 heterocycles. The van der Waals surface area contributed by atoms with Gasteiger partial charge in [-0.1, -0.05) is 0 Å². The standard InChI is InChI=1S/C21H30N4O4S/c1-15-14-18(25-9-3-4-20(25)26)7-8-19(15)30(28,29)24-12-10-23(11-13-24)16(2)21(27)22-17-5-6-17/h7-8,14,16-17H,3-6,9-13H2,1-2H3,(H,22,27). The van der Waals surface area contributed by atoms with Gasteiger partial charge in [-0.3, -0.25) is 14.5 Å². The third kappa shape index (κ3) is 4.24.